The van der Waals surface area contributed by atoms with Crippen LogP contribution >= 0.6 is 11.8 Å². The van der Waals surface area contributed by atoms with E-state index in [-0.39, 0.29) is 0 Å². The molecule has 0 saturated carbocycles. The number of hydrogen-bond acceptors (Lipinski definition) is 4. The lowest BCUT2D eigenvalue weighted by molar-refractivity contribution is 0.373. The molecule has 0 bridgehead atoms. The van der Waals surface area contributed by atoms with Gasteiger partial charge in [0.05, 0.1) is 11.3 Å². The molecule has 0 aromatic heterocycles. The van der Waals surface area contributed by atoms with Gasteiger partial charge in [-0.1, -0.05) is 13.0 Å². The topological polar surface area (TPSA) is 30.3 Å². The van der Waals surface area contributed by atoms with Crippen LogP contribution in [0.2, 0.25) is 0 Å². The molecule has 0 aliphatic heterocycles. The maximum atomic E-state index is 9.53. The minimum atomic E-state index is 0.379. The lowest BCUT2D eigenvalue weighted by Gasteiger charge is -2.33. The maximum absolute atomic E-state index is 9.53. The molecule has 1 atom stereocenters. The molecule has 3 nitrogen and oxygen atoms in total. The molecule has 0 fully saturated rings. The number of thioether (sulfide) groups is 1. The van der Waals surface area contributed by atoms with E-state index in [0.717, 1.165) is 35.0 Å². The standard InChI is InChI=1S/C16H25N3S/c1-6-19(13(3)12-18(4)5)15-9-8-10-16(20-7-2)14(15)11-17/h8-10,13H,6-7,12H2,1-5H3. The maximum Gasteiger partial charge on any atom is 0.103 e. The predicted molar refractivity (Wildman–Crippen MR) is 88.6 cm³/mol. The van der Waals surface area contributed by atoms with Crippen molar-refractivity contribution in [3.63, 3.8) is 0 Å². The van der Waals surface area contributed by atoms with E-state index >= 15 is 0 Å². The zero-order chi connectivity index (χ0) is 15.1. The largest absolute Gasteiger partial charge is 0.367 e. The van der Waals surface area contributed by atoms with E-state index in [2.05, 4.69) is 62.9 Å². The van der Waals surface area contributed by atoms with Crippen LogP contribution in [0.1, 0.15) is 26.3 Å². The normalized spacial score (nSPS) is 12.2. The third-order valence-electron chi connectivity index (χ3n) is 3.23. The fourth-order valence-electron chi connectivity index (χ4n) is 2.49. The molecule has 0 N–H and O–H groups in total. The molecule has 0 amide bonds. The summed E-state index contributed by atoms with van der Waals surface area (Å²) in [7, 11) is 4.16. The van der Waals surface area contributed by atoms with Crippen LogP contribution in [-0.4, -0.2) is 43.9 Å². The Morgan fingerprint density at radius 2 is 2.00 bits per heavy atom. The fraction of sp³-hybridized carbons (Fsp3) is 0.562. The highest BCUT2D eigenvalue weighted by atomic mass is 32.2. The van der Waals surface area contributed by atoms with Crippen molar-refractivity contribution < 1.29 is 0 Å². The second kappa shape index (κ2) is 8.18. The Balaban J connectivity index is 3.15. The summed E-state index contributed by atoms with van der Waals surface area (Å²) >= 11 is 1.73. The molecule has 110 valence electrons. The minimum absolute atomic E-state index is 0.379. The zero-order valence-electron chi connectivity index (χ0n) is 13.2. The molecule has 0 spiro atoms. The number of anilines is 1. The summed E-state index contributed by atoms with van der Waals surface area (Å²) in [4.78, 5) is 5.59. The van der Waals surface area contributed by atoms with Crippen LogP contribution in [0.3, 0.4) is 0 Å². The Morgan fingerprint density at radius 1 is 1.30 bits per heavy atom. The second-order valence-electron chi connectivity index (χ2n) is 5.09. The van der Waals surface area contributed by atoms with Gasteiger partial charge in [0.2, 0.25) is 0 Å². The van der Waals surface area contributed by atoms with E-state index in [0.29, 0.717) is 6.04 Å². The Morgan fingerprint density at radius 3 is 2.50 bits per heavy atom. The van der Waals surface area contributed by atoms with Gasteiger partial charge in [0, 0.05) is 24.0 Å². The lowest BCUT2D eigenvalue weighted by atomic mass is 10.1. The Bertz CT molecular complexity index is 465. The van der Waals surface area contributed by atoms with Gasteiger partial charge in [-0.2, -0.15) is 5.26 Å². The van der Waals surface area contributed by atoms with Crippen LogP contribution in [0.4, 0.5) is 5.69 Å². The van der Waals surface area contributed by atoms with Gasteiger partial charge in [-0.05, 0) is 45.8 Å². The fourth-order valence-corrected chi connectivity index (χ4v) is 3.27. The molecule has 1 aromatic rings. The van der Waals surface area contributed by atoms with Crippen LogP contribution in [0.15, 0.2) is 23.1 Å². The van der Waals surface area contributed by atoms with E-state index in [1.807, 2.05) is 6.07 Å². The first-order chi connectivity index (χ1) is 9.54. The first-order valence-electron chi connectivity index (χ1n) is 7.12. The molecular weight excluding hydrogens is 266 g/mol. The lowest BCUT2D eigenvalue weighted by Crippen LogP contribution is -2.40. The molecule has 0 heterocycles. The molecule has 4 heteroatoms. The van der Waals surface area contributed by atoms with Gasteiger partial charge in [0.15, 0.2) is 0 Å². The van der Waals surface area contributed by atoms with E-state index in [1.165, 1.54) is 0 Å². The second-order valence-corrected chi connectivity index (χ2v) is 6.40. The summed E-state index contributed by atoms with van der Waals surface area (Å²) in [6.07, 6.45) is 0. The van der Waals surface area contributed by atoms with Crippen molar-refractivity contribution in [3.05, 3.63) is 23.8 Å². The van der Waals surface area contributed by atoms with Crippen LogP contribution < -0.4 is 4.90 Å². The number of rotatable bonds is 7. The molecule has 0 radical (unpaired) electrons. The van der Waals surface area contributed by atoms with E-state index in [1.54, 1.807) is 11.8 Å². The summed E-state index contributed by atoms with van der Waals surface area (Å²) < 4.78 is 0. The molecule has 0 aliphatic rings. The predicted octanol–water partition coefficient (Wildman–Crippen LogP) is 3.45. The van der Waals surface area contributed by atoms with Crippen molar-refractivity contribution in [3.8, 4) is 6.07 Å². The zero-order valence-corrected chi connectivity index (χ0v) is 14.0. The highest BCUT2D eigenvalue weighted by molar-refractivity contribution is 7.99. The number of benzene rings is 1. The van der Waals surface area contributed by atoms with E-state index in [4.69, 9.17) is 0 Å². The molecular formula is C16H25N3S. The first-order valence-corrected chi connectivity index (χ1v) is 8.10. The Kier molecular flexibility index (Phi) is 6.90. The Hall–Kier alpha value is -1.18. The van der Waals surface area contributed by atoms with Crippen molar-refractivity contribution in [1.82, 2.24) is 4.90 Å². The van der Waals surface area contributed by atoms with Gasteiger partial charge >= 0.3 is 0 Å². The van der Waals surface area contributed by atoms with Crippen LogP contribution in [0, 0.1) is 11.3 Å². The van der Waals surface area contributed by atoms with Gasteiger partial charge < -0.3 is 9.80 Å². The summed E-state index contributed by atoms with van der Waals surface area (Å²) in [6.45, 7) is 8.36. The minimum Gasteiger partial charge on any atom is -0.367 e. The molecule has 1 rings (SSSR count). The number of nitriles is 1. The van der Waals surface area contributed by atoms with Gasteiger partial charge in [-0.3, -0.25) is 0 Å². The third-order valence-corrected chi connectivity index (χ3v) is 4.17. The summed E-state index contributed by atoms with van der Waals surface area (Å²) in [6, 6.07) is 8.94. The average molecular weight is 291 g/mol. The molecule has 0 saturated heterocycles. The monoisotopic (exact) mass is 291 g/mol. The summed E-state index contributed by atoms with van der Waals surface area (Å²) in [5.41, 5.74) is 1.87. The molecule has 1 unspecified atom stereocenters. The third kappa shape index (κ3) is 4.16. The van der Waals surface area contributed by atoms with Crippen molar-refractivity contribution in [2.45, 2.75) is 31.7 Å². The smallest absolute Gasteiger partial charge is 0.103 e. The van der Waals surface area contributed by atoms with Gasteiger partial charge in [0.1, 0.15) is 6.07 Å². The van der Waals surface area contributed by atoms with Gasteiger partial charge in [0.25, 0.3) is 0 Å². The van der Waals surface area contributed by atoms with Crippen molar-refractivity contribution in [2.75, 3.05) is 37.8 Å². The van der Waals surface area contributed by atoms with Crippen molar-refractivity contribution in [2.24, 2.45) is 0 Å². The number of nitrogens with zero attached hydrogens (tertiary/aromatic N) is 3. The Labute approximate surface area is 127 Å². The van der Waals surface area contributed by atoms with E-state index in [9.17, 15) is 5.26 Å². The van der Waals surface area contributed by atoms with Gasteiger partial charge in [-0.25, -0.2) is 0 Å². The summed E-state index contributed by atoms with van der Waals surface area (Å²) in [5.74, 6) is 0.984. The highest BCUT2D eigenvalue weighted by Crippen LogP contribution is 2.31. The quantitative estimate of drug-likeness (QED) is 0.720. The number of likely N-dealkylation sites (N-methyl/N-ethyl adjacent to an activating group) is 2. The highest BCUT2D eigenvalue weighted by Gasteiger charge is 2.18. The van der Waals surface area contributed by atoms with E-state index < -0.39 is 0 Å². The van der Waals surface area contributed by atoms with Crippen LogP contribution in [-0.2, 0) is 0 Å². The number of hydrogen-bond donors (Lipinski definition) is 0. The van der Waals surface area contributed by atoms with Crippen molar-refractivity contribution in [1.29, 1.82) is 5.26 Å². The molecule has 1 aromatic carbocycles. The van der Waals surface area contributed by atoms with Crippen LogP contribution in [0.25, 0.3) is 0 Å². The average Bonchev–Trinajstić information content (AvgIpc) is 2.39. The summed E-state index contributed by atoms with van der Waals surface area (Å²) in [5, 5.41) is 9.53. The first kappa shape index (κ1) is 16.9. The molecule has 20 heavy (non-hydrogen) atoms. The molecule has 0 aliphatic carbocycles. The SMILES string of the molecule is CCSc1cccc(N(CC)C(C)CN(C)C)c1C#N. The van der Waals surface area contributed by atoms with Crippen LogP contribution in [0.5, 0.6) is 0 Å². The van der Waals surface area contributed by atoms with Gasteiger partial charge in [-0.15, -0.1) is 11.8 Å². The van der Waals surface area contributed by atoms with Crippen molar-refractivity contribution >= 4 is 17.4 Å².